The van der Waals surface area contributed by atoms with Gasteiger partial charge in [-0.05, 0) is 42.7 Å². The van der Waals surface area contributed by atoms with Crippen molar-refractivity contribution < 1.29 is 13.9 Å². The van der Waals surface area contributed by atoms with Gasteiger partial charge in [-0.15, -0.1) is 10.2 Å². The number of hydrogen-bond acceptors (Lipinski definition) is 5. The van der Waals surface area contributed by atoms with Crippen molar-refractivity contribution in [1.82, 2.24) is 14.8 Å². The van der Waals surface area contributed by atoms with Gasteiger partial charge in [-0.1, -0.05) is 12.1 Å². The maximum atomic E-state index is 6.13. The summed E-state index contributed by atoms with van der Waals surface area (Å²) in [6, 6.07) is 12.0. The minimum absolute atomic E-state index is 0.319. The molecular formula is C19H21N3O3. The Hall–Kier alpha value is -2.60. The van der Waals surface area contributed by atoms with E-state index in [0.717, 1.165) is 29.8 Å². The fourth-order valence-electron chi connectivity index (χ4n) is 3.46. The lowest BCUT2D eigenvalue weighted by atomic mass is 9.74. The Bertz CT molecular complexity index is 845. The second kappa shape index (κ2) is 6.37. The summed E-state index contributed by atoms with van der Waals surface area (Å²) in [6.07, 6.45) is 3.59. The minimum Gasteiger partial charge on any atom is -0.497 e. The van der Waals surface area contributed by atoms with E-state index in [9.17, 15) is 0 Å². The average molecular weight is 339 g/mol. The number of ether oxygens (including phenoxy) is 2. The van der Waals surface area contributed by atoms with Gasteiger partial charge in [0.15, 0.2) is 0 Å². The lowest BCUT2D eigenvalue weighted by Crippen LogP contribution is -2.35. The maximum absolute atomic E-state index is 6.13. The molecule has 0 N–H and O–H groups in total. The molecule has 1 aliphatic heterocycles. The molecule has 3 aromatic rings. The van der Waals surface area contributed by atoms with E-state index in [4.69, 9.17) is 13.9 Å². The van der Waals surface area contributed by atoms with Crippen molar-refractivity contribution in [2.24, 2.45) is 7.05 Å². The number of rotatable bonds is 4. The quantitative estimate of drug-likeness (QED) is 0.730. The van der Waals surface area contributed by atoms with E-state index in [0.29, 0.717) is 25.0 Å². The highest BCUT2D eigenvalue weighted by Crippen LogP contribution is 2.41. The van der Waals surface area contributed by atoms with Gasteiger partial charge >= 0.3 is 0 Å². The molecule has 0 radical (unpaired) electrons. The first kappa shape index (κ1) is 15.9. The summed E-state index contributed by atoms with van der Waals surface area (Å²) in [5.41, 5.74) is 1.75. The van der Waals surface area contributed by atoms with Crippen LogP contribution in [0, 0.1) is 0 Å². The van der Waals surface area contributed by atoms with Crippen LogP contribution in [0.15, 0.2) is 47.0 Å². The molecule has 4 rings (SSSR count). The Morgan fingerprint density at radius 3 is 2.48 bits per heavy atom. The molecule has 0 saturated carbocycles. The Labute approximate surface area is 146 Å². The Balaban J connectivity index is 1.76. The molecule has 130 valence electrons. The zero-order valence-corrected chi connectivity index (χ0v) is 14.4. The zero-order valence-electron chi connectivity index (χ0n) is 14.4. The molecule has 0 unspecified atom stereocenters. The topological polar surface area (TPSA) is 62.3 Å². The SMILES string of the molecule is COc1ccc(C2(c3nnc(-c4cccn4C)o3)CCOCC2)cc1. The smallest absolute Gasteiger partial charge is 0.264 e. The van der Waals surface area contributed by atoms with Gasteiger partial charge in [-0.25, -0.2) is 0 Å². The molecular weight excluding hydrogens is 318 g/mol. The van der Waals surface area contributed by atoms with E-state index in [2.05, 4.69) is 22.3 Å². The summed E-state index contributed by atoms with van der Waals surface area (Å²) in [6.45, 7) is 1.35. The van der Waals surface area contributed by atoms with E-state index in [1.165, 1.54) is 0 Å². The minimum atomic E-state index is -0.319. The molecule has 6 nitrogen and oxygen atoms in total. The maximum Gasteiger partial charge on any atom is 0.264 e. The Kier molecular flexibility index (Phi) is 4.05. The average Bonchev–Trinajstić information content (AvgIpc) is 3.31. The third-order valence-electron chi connectivity index (χ3n) is 4.99. The summed E-state index contributed by atoms with van der Waals surface area (Å²) in [7, 11) is 3.64. The van der Waals surface area contributed by atoms with E-state index in [-0.39, 0.29) is 5.41 Å². The van der Waals surface area contributed by atoms with E-state index in [1.54, 1.807) is 7.11 Å². The van der Waals surface area contributed by atoms with Crippen LogP contribution in [0.25, 0.3) is 11.6 Å². The van der Waals surface area contributed by atoms with Gasteiger partial charge in [0.1, 0.15) is 11.4 Å². The van der Waals surface area contributed by atoms with Crippen molar-refractivity contribution >= 4 is 0 Å². The van der Waals surface area contributed by atoms with Crippen LogP contribution in [0.1, 0.15) is 24.3 Å². The predicted octanol–water partition coefficient (Wildman–Crippen LogP) is 3.18. The highest BCUT2D eigenvalue weighted by molar-refractivity contribution is 5.48. The molecule has 0 aliphatic carbocycles. The second-order valence-corrected chi connectivity index (χ2v) is 6.34. The first-order valence-electron chi connectivity index (χ1n) is 8.41. The second-order valence-electron chi connectivity index (χ2n) is 6.34. The molecule has 3 heterocycles. The van der Waals surface area contributed by atoms with E-state index < -0.39 is 0 Å². The highest BCUT2D eigenvalue weighted by Gasteiger charge is 2.41. The lowest BCUT2D eigenvalue weighted by molar-refractivity contribution is 0.0546. The molecule has 0 amide bonds. The van der Waals surface area contributed by atoms with Gasteiger partial charge < -0.3 is 18.5 Å². The van der Waals surface area contributed by atoms with Crippen LogP contribution in [0.2, 0.25) is 0 Å². The largest absolute Gasteiger partial charge is 0.497 e. The van der Waals surface area contributed by atoms with Gasteiger partial charge in [-0.2, -0.15) is 0 Å². The van der Waals surface area contributed by atoms with Gasteiger partial charge in [-0.3, -0.25) is 0 Å². The van der Waals surface area contributed by atoms with Crippen molar-refractivity contribution in [2.75, 3.05) is 20.3 Å². The molecule has 0 spiro atoms. The number of benzene rings is 1. The fraction of sp³-hybridized carbons (Fsp3) is 0.368. The Morgan fingerprint density at radius 1 is 1.08 bits per heavy atom. The summed E-state index contributed by atoms with van der Waals surface area (Å²) in [5, 5.41) is 8.71. The van der Waals surface area contributed by atoms with Crippen LogP contribution in [0.4, 0.5) is 0 Å². The summed E-state index contributed by atoms with van der Waals surface area (Å²) >= 11 is 0. The van der Waals surface area contributed by atoms with Gasteiger partial charge in [0, 0.05) is 26.5 Å². The molecule has 2 aromatic heterocycles. The van der Waals surface area contributed by atoms with Crippen LogP contribution in [0.3, 0.4) is 0 Å². The number of aryl methyl sites for hydroxylation is 1. The summed E-state index contributed by atoms with van der Waals surface area (Å²) < 4.78 is 19.0. The number of hydrogen-bond donors (Lipinski definition) is 0. The van der Waals surface area contributed by atoms with Gasteiger partial charge in [0.05, 0.1) is 12.5 Å². The predicted molar refractivity (Wildman–Crippen MR) is 92.5 cm³/mol. The third-order valence-corrected chi connectivity index (χ3v) is 4.99. The standard InChI is InChI=1S/C19H21N3O3/c1-22-11-3-4-16(22)17-20-21-18(25-17)19(9-12-24-13-10-19)14-5-7-15(23-2)8-6-14/h3-8,11H,9-10,12-13H2,1-2H3. The van der Waals surface area contributed by atoms with Crippen molar-refractivity contribution in [3.8, 4) is 17.3 Å². The number of nitrogens with zero attached hydrogens (tertiary/aromatic N) is 3. The number of aromatic nitrogens is 3. The van der Waals surface area contributed by atoms with Gasteiger partial charge in [0.2, 0.25) is 5.89 Å². The molecule has 1 saturated heterocycles. The lowest BCUT2D eigenvalue weighted by Gasteiger charge is -2.34. The van der Waals surface area contributed by atoms with E-state index in [1.807, 2.05) is 42.1 Å². The first-order chi connectivity index (χ1) is 12.2. The van der Waals surface area contributed by atoms with Crippen molar-refractivity contribution in [1.29, 1.82) is 0 Å². The summed E-state index contributed by atoms with van der Waals surface area (Å²) in [4.78, 5) is 0. The van der Waals surface area contributed by atoms with Crippen LogP contribution < -0.4 is 4.74 Å². The van der Waals surface area contributed by atoms with Crippen LogP contribution >= 0.6 is 0 Å². The monoisotopic (exact) mass is 339 g/mol. The molecule has 25 heavy (non-hydrogen) atoms. The first-order valence-corrected chi connectivity index (χ1v) is 8.41. The molecule has 1 fully saturated rings. The molecule has 6 heteroatoms. The normalized spacial score (nSPS) is 16.7. The number of methoxy groups -OCH3 is 1. The van der Waals surface area contributed by atoms with E-state index >= 15 is 0 Å². The highest BCUT2D eigenvalue weighted by atomic mass is 16.5. The third kappa shape index (κ3) is 2.72. The van der Waals surface area contributed by atoms with Crippen LogP contribution in [0.5, 0.6) is 5.75 Å². The molecule has 1 aromatic carbocycles. The van der Waals surface area contributed by atoms with Crippen molar-refractivity contribution in [3.05, 3.63) is 54.0 Å². The zero-order chi connectivity index (χ0) is 17.3. The summed E-state index contributed by atoms with van der Waals surface area (Å²) in [5.74, 6) is 2.03. The molecule has 0 atom stereocenters. The molecule has 0 bridgehead atoms. The van der Waals surface area contributed by atoms with Crippen LogP contribution in [-0.2, 0) is 17.2 Å². The molecule has 1 aliphatic rings. The van der Waals surface area contributed by atoms with Gasteiger partial charge in [0.25, 0.3) is 5.89 Å². The van der Waals surface area contributed by atoms with Crippen molar-refractivity contribution in [2.45, 2.75) is 18.3 Å². The van der Waals surface area contributed by atoms with Crippen molar-refractivity contribution in [3.63, 3.8) is 0 Å². The fourth-order valence-corrected chi connectivity index (χ4v) is 3.46. The van der Waals surface area contributed by atoms with Crippen LogP contribution in [-0.4, -0.2) is 35.1 Å². The Morgan fingerprint density at radius 2 is 1.84 bits per heavy atom.